The highest BCUT2D eigenvalue weighted by molar-refractivity contribution is 5.94. The second kappa shape index (κ2) is 35.7. The molecule has 1 unspecified atom stereocenters. The minimum atomic E-state index is -0.371. The Bertz CT molecular complexity index is 772. The van der Waals surface area contributed by atoms with E-state index < -0.39 is 0 Å². The molecule has 0 bridgehead atoms. The van der Waals surface area contributed by atoms with E-state index in [1.54, 1.807) is 0 Å². The van der Waals surface area contributed by atoms with Gasteiger partial charge in [0.05, 0.1) is 0 Å². The van der Waals surface area contributed by atoms with Crippen LogP contribution in [0.5, 0.6) is 0 Å². The van der Waals surface area contributed by atoms with Crippen LogP contribution < -0.4 is 11.5 Å². The number of hydrogen-bond donors (Lipinski definition) is 2. The van der Waals surface area contributed by atoms with Gasteiger partial charge in [0.25, 0.3) is 0 Å². The lowest BCUT2D eigenvalue weighted by Crippen LogP contribution is -2.22. The van der Waals surface area contributed by atoms with Gasteiger partial charge in [-0.15, -0.1) is 0 Å². The summed E-state index contributed by atoms with van der Waals surface area (Å²) < 4.78 is 0. The molecule has 0 saturated heterocycles. The zero-order chi connectivity index (χ0) is 34.6. The van der Waals surface area contributed by atoms with Gasteiger partial charge in [-0.2, -0.15) is 0 Å². The Morgan fingerprint density at radius 3 is 0.979 bits per heavy atom. The number of amides is 2. The van der Waals surface area contributed by atoms with Crippen molar-refractivity contribution < 1.29 is 9.59 Å². The van der Waals surface area contributed by atoms with Crippen molar-refractivity contribution in [1.29, 1.82) is 0 Å². The van der Waals surface area contributed by atoms with Crippen molar-refractivity contribution in [3.63, 3.8) is 0 Å². The van der Waals surface area contributed by atoms with Crippen LogP contribution in [0.3, 0.4) is 0 Å². The third-order valence-corrected chi connectivity index (χ3v) is 10.0. The fourth-order valence-electron chi connectivity index (χ4n) is 6.83. The van der Waals surface area contributed by atoms with Crippen molar-refractivity contribution in [2.45, 2.75) is 233 Å². The maximum atomic E-state index is 12.2. The maximum Gasteiger partial charge on any atom is 0.244 e. The quantitative estimate of drug-likeness (QED) is 0.0514. The van der Waals surface area contributed by atoms with E-state index in [0.717, 1.165) is 25.7 Å². The molecule has 4 heteroatoms. The van der Waals surface area contributed by atoms with E-state index in [2.05, 4.69) is 13.8 Å². The summed E-state index contributed by atoms with van der Waals surface area (Å²) in [4.78, 5) is 24.4. The lowest BCUT2D eigenvalue weighted by atomic mass is 9.90. The molecule has 0 spiro atoms. The predicted octanol–water partition coefficient (Wildman–Crippen LogP) is 13.4. The first-order valence-corrected chi connectivity index (χ1v) is 20.9. The highest BCUT2D eigenvalue weighted by Crippen LogP contribution is 2.22. The average Bonchev–Trinajstić information content (AvgIpc) is 3.05. The van der Waals surface area contributed by atoms with Crippen LogP contribution >= 0.6 is 0 Å². The van der Waals surface area contributed by atoms with Crippen LogP contribution in [0, 0.1) is 5.92 Å². The molecule has 0 aromatic rings. The standard InChI is InChI=1S/C43H82N2O2/c1-4-6-8-10-12-14-16-18-20-22-24-26-28-30-32-34-36-40(42(44)46)38-39(3)41(43(45)47)37-35-33-31-29-27-25-23-21-19-17-15-13-11-9-7-5-2/h36-37,39H,4-35,38H2,1-3H3,(H2,44,46)(H2,45,47)/b40-36+,41-37+. The molecule has 276 valence electrons. The van der Waals surface area contributed by atoms with Crippen LogP contribution in [0.1, 0.15) is 233 Å². The fourth-order valence-corrected chi connectivity index (χ4v) is 6.83. The van der Waals surface area contributed by atoms with Gasteiger partial charge in [0.2, 0.25) is 11.8 Å². The average molecular weight is 659 g/mol. The summed E-state index contributed by atoms with van der Waals surface area (Å²) in [6, 6.07) is 0. The van der Waals surface area contributed by atoms with E-state index in [1.165, 1.54) is 180 Å². The van der Waals surface area contributed by atoms with Crippen molar-refractivity contribution in [2.24, 2.45) is 17.4 Å². The summed E-state index contributed by atoms with van der Waals surface area (Å²) in [7, 11) is 0. The second-order valence-electron chi connectivity index (χ2n) is 14.7. The largest absolute Gasteiger partial charge is 0.366 e. The molecule has 0 heterocycles. The van der Waals surface area contributed by atoms with E-state index in [4.69, 9.17) is 11.5 Å². The monoisotopic (exact) mass is 659 g/mol. The molecular formula is C43H82N2O2. The highest BCUT2D eigenvalue weighted by Gasteiger charge is 2.18. The number of allylic oxidation sites excluding steroid dienone is 2. The van der Waals surface area contributed by atoms with Gasteiger partial charge in [0.15, 0.2) is 0 Å². The lowest BCUT2D eigenvalue weighted by Gasteiger charge is -2.15. The Morgan fingerprint density at radius 1 is 0.426 bits per heavy atom. The van der Waals surface area contributed by atoms with E-state index in [0.29, 0.717) is 17.6 Å². The first-order chi connectivity index (χ1) is 22.9. The molecule has 0 aromatic heterocycles. The Kier molecular flexibility index (Phi) is 34.5. The second-order valence-corrected chi connectivity index (χ2v) is 14.7. The van der Waals surface area contributed by atoms with E-state index >= 15 is 0 Å². The number of primary amides is 2. The van der Waals surface area contributed by atoms with Gasteiger partial charge in [-0.05, 0) is 38.0 Å². The maximum absolute atomic E-state index is 12.2. The Balaban J connectivity index is 4.01. The summed E-state index contributed by atoms with van der Waals surface area (Å²) in [5.74, 6) is -0.836. The molecule has 4 nitrogen and oxygen atoms in total. The minimum absolute atomic E-state index is 0.0938. The van der Waals surface area contributed by atoms with Crippen LogP contribution in [0.2, 0.25) is 0 Å². The number of carbonyl (C=O) groups is 2. The number of nitrogens with two attached hydrogens (primary N) is 2. The first kappa shape index (κ1) is 45.4. The number of unbranched alkanes of at least 4 members (excludes halogenated alkanes) is 30. The Labute approximate surface area is 294 Å². The van der Waals surface area contributed by atoms with Crippen molar-refractivity contribution in [2.75, 3.05) is 0 Å². The van der Waals surface area contributed by atoms with Gasteiger partial charge in [-0.3, -0.25) is 9.59 Å². The molecule has 0 saturated carbocycles. The molecule has 4 N–H and O–H groups in total. The normalized spacial score (nSPS) is 12.9. The van der Waals surface area contributed by atoms with E-state index in [1.807, 2.05) is 19.1 Å². The summed E-state index contributed by atoms with van der Waals surface area (Å²) in [5, 5.41) is 0. The fraction of sp³-hybridized carbons (Fsp3) is 0.860. The van der Waals surface area contributed by atoms with Gasteiger partial charge in [0.1, 0.15) is 0 Å². The molecule has 0 radical (unpaired) electrons. The van der Waals surface area contributed by atoms with Crippen LogP contribution in [-0.4, -0.2) is 11.8 Å². The molecule has 47 heavy (non-hydrogen) atoms. The third kappa shape index (κ3) is 31.4. The van der Waals surface area contributed by atoms with Gasteiger partial charge >= 0.3 is 0 Å². The minimum Gasteiger partial charge on any atom is -0.366 e. The van der Waals surface area contributed by atoms with Crippen molar-refractivity contribution in [3.05, 3.63) is 23.3 Å². The van der Waals surface area contributed by atoms with Gasteiger partial charge in [-0.1, -0.05) is 213 Å². The van der Waals surface area contributed by atoms with Crippen LogP contribution in [0.25, 0.3) is 0 Å². The van der Waals surface area contributed by atoms with Crippen molar-refractivity contribution in [3.8, 4) is 0 Å². The molecule has 1 atom stereocenters. The molecule has 0 aliphatic rings. The molecule has 0 rings (SSSR count). The molecule has 0 aliphatic heterocycles. The number of hydrogen-bond acceptors (Lipinski definition) is 2. The van der Waals surface area contributed by atoms with Gasteiger partial charge in [0, 0.05) is 11.1 Å². The summed E-state index contributed by atoms with van der Waals surface area (Å²) in [5.41, 5.74) is 12.8. The molecular weight excluding hydrogens is 576 g/mol. The SMILES string of the molecule is CCCCCCCCCCCCCCCCC/C=C(\CC(C)/C(=C\CCCCCCCCCCCCCCCCC)C(N)=O)C(N)=O. The smallest absolute Gasteiger partial charge is 0.244 e. The number of rotatable bonds is 37. The Morgan fingerprint density at radius 2 is 0.702 bits per heavy atom. The summed E-state index contributed by atoms with van der Waals surface area (Å²) in [6.45, 7) is 6.55. The Hall–Kier alpha value is -1.58. The van der Waals surface area contributed by atoms with Crippen molar-refractivity contribution in [1.82, 2.24) is 0 Å². The van der Waals surface area contributed by atoms with Gasteiger partial charge in [-0.25, -0.2) is 0 Å². The topological polar surface area (TPSA) is 86.2 Å². The molecule has 0 aromatic carbocycles. The van der Waals surface area contributed by atoms with Gasteiger partial charge < -0.3 is 11.5 Å². The third-order valence-electron chi connectivity index (χ3n) is 10.0. The zero-order valence-electron chi connectivity index (χ0n) is 32.0. The van der Waals surface area contributed by atoms with Crippen molar-refractivity contribution >= 4 is 11.8 Å². The lowest BCUT2D eigenvalue weighted by molar-refractivity contribution is -0.116. The van der Waals surface area contributed by atoms with Crippen LogP contribution in [-0.2, 0) is 9.59 Å². The highest BCUT2D eigenvalue weighted by atomic mass is 16.1. The molecule has 0 aliphatic carbocycles. The summed E-state index contributed by atoms with van der Waals surface area (Å²) >= 11 is 0. The molecule has 0 fully saturated rings. The number of carbonyl (C=O) groups excluding carboxylic acids is 2. The molecule has 2 amide bonds. The van der Waals surface area contributed by atoms with E-state index in [9.17, 15) is 9.59 Å². The van der Waals surface area contributed by atoms with E-state index in [-0.39, 0.29) is 17.7 Å². The van der Waals surface area contributed by atoms with Crippen LogP contribution in [0.15, 0.2) is 23.3 Å². The predicted molar refractivity (Wildman–Crippen MR) is 207 cm³/mol. The van der Waals surface area contributed by atoms with Crippen LogP contribution in [0.4, 0.5) is 0 Å². The zero-order valence-corrected chi connectivity index (χ0v) is 32.0. The first-order valence-electron chi connectivity index (χ1n) is 20.9. The summed E-state index contributed by atoms with van der Waals surface area (Å²) in [6.07, 6.45) is 46.6.